The van der Waals surface area contributed by atoms with Crippen molar-refractivity contribution in [3.63, 3.8) is 0 Å². The van der Waals surface area contributed by atoms with Crippen LogP contribution in [0.1, 0.15) is 33.3 Å². The minimum atomic E-state index is -0.136. The predicted octanol–water partition coefficient (Wildman–Crippen LogP) is 3.00. The van der Waals surface area contributed by atoms with Crippen LogP contribution in [0.3, 0.4) is 0 Å². The molecule has 0 unspecified atom stereocenters. The molecule has 0 saturated carbocycles. The van der Waals surface area contributed by atoms with Crippen LogP contribution in [0.5, 0.6) is 11.5 Å². The van der Waals surface area contributed by atoms with Gasteiger partial charge in [0, 0.05) is 6.54 Å². The Morgan fingerprint density at radius 2 is 1.85 bits per heavy atom. The van der Waals surface area contributed by atoms with Gasteiger partial charge in [0.2, 0.25) is 0 Å². The molecule has 0 aliphatic heterocycles. The zero-order chi connectivity index (χ0) is 15.0. The summed E-state index contributed by atoms with van der Waals surface area (Å²) < 4.78 is 16.7. The van der Waals surface area contributed by atoms with Crippen molar-refractivity contribution in [3.8, 4) is 11.5 Å². The fourth-order valence-corrected chi connectivity index (χ4v) is 1.71. The Morgan fingerprint density at radius 1 is 1.10 bits per heavy atom. The van der Waals surface area contributed by atoms with Gasteiger partial charge in [0.05, 0.1) is 19.3 Å². The highest BCUT2D eigenvalue weighted by molar-refractivity contribution is 5.42. The summed E-state index contributed by atoms with van der Waals surface area (Å²) in [6.07, 6.45) is 0. The third kappa shape index (κ3) is 6.26. The average molecular weight is 281 g/mol. The maximum Gasteiger partial charge on any atom is 0.161 e. The Balaban J connectivity index is 2.52. The highest BCUT2D eigenvalue weighted by Crippen LogP contribution is 2.28. The fourth-order valence-electron chi connectivity index (χ4n) is 1.71. The molecular weight excluding hydrogens is 254 g/mol. The molecule has 0 atom stereocenters. The van der Waals surface area contributed by atoms with Crippen molar-refractivity contribution >= 4 is 0 Å². The molecule has 0 aliphatic rings. The predicted molar refractivity (Wildman–Crippen MR) is 81.6 cm³/mol. The highest BCUT2D eigenvalue weighted by atomic mass is 16.5. The molecule has 1 aromatic carbocycles. The number of ether oxygens (including phenoxy) is 3. The van der Waals surface area contributed by atoms with Crippen LogP contribution in [-0.2, 0) is 11.3 Å². The molecule has 0 bridgehead atoms. The third-order valence-corrected chi connectivity index (χ3v) is 2.68. The Hall–Kier alpha value is -1.26. The summed E-state index contributed by atoms with van der Waals surface area (Å²) in [4.78, 5) is 0. The van der Waals surface area contributed by atoms with Gasteiger partial charge in [-0.1, -0.05) is 13.0 Å². The van der Waals surface area contributed by atoms with Crippen LogP contribution >= 0.6 is 0 Å². The van der Waals surface area contributed by atoms with Gasteiger partial charge in [-0.2, -0.15) is 0 Å². The third-order valence-electron chi connectivity index (χ3n) is 2.68. The number of benzene rings is 1. The Labute approximate surface area is 122 Å². The molecule has 114 valence electrons. The van der Waals surface area contributed by atoms with Gasteiger partial charge in [-0.3, -0.25) is 0 Å². The average Bonchev–Trinajstić information content (AvgIpc) is 2.40. The molecule has 0 aromatic heterocycles. The fraction of sp³-hybridized carbons (Fsp3) is 0.625. The van der Waals surface area contributed by atoms with E-state index in [9.17, 15) is 0 Å². The summed E-state index contributed by atoms with van der Waals surface area (Å²) in [5.74, 6) is 1.52. The van der Waals surface area contributed by atoms with Crippen molar-refractivity contribution in [2.45, 2.75) is 39.8 Å². The lowest BCUT2D eigenvalue weighted by Crippen LogP contribution is -2.22. The maximum absolute atomic E-state index is 5.71. The topological polar surface area (TPSA) is 39.7 Å². The van der Waals surface area contributed by atoms with Gasteiger partial charge in [-0.15, -0.1) is 0 Å². The Bertz CT molecular complexity index is 399. The van der Waals surface area contributed by atoms with E-state index >= 15 is 0 Å². The van der Waals surface area contributed by atoms with Crippen molar-refractivity contribution in [3.05, 3.63) is 23.8 Å². The maximum atomic E-state index is 5.71. The zero-order valence-electron chi connectivity index (χ0n) is 13.3. The van der Waals surface area contributed by atoms with E-state index in [0.717, 1.165) is 24.6 Å². The van der Waals surface area contributed by atoms with E-state index in [1.54, 1.807) is 7.11 Å². The van der Waals surface area contributed by atoms with Gasteiger partial charge in [-0.05, 0) is 45.0 Å². The van der Waals surface area contributed by atoms with Crippen molar-refractivity contribution in [1.29, 1.82) is 0 Å². The normalized spacial score (nSPS) is 11.4. The Kier molecular flexibility index (Phi) is 6.82. The molecule has 4 heteroatoms. The van der Waals surface area contributed by atoms with Gasteiger partial charge in [-0.25, -0.2) is 0 Å². The summed E-state index contributed by atoms with van der Waals surface area (Å²) in [5, 5.41) is 3.29. The zero-order valence-corrected chi connectivity index (χ0v) is 13.3. The summed E-state index contributed by atoms with van der Waals surface area (Å²) >= 11 is 0. The molecular formula is C16H27NO3. The summed E-state index contributed by atoms with van der Waals surface area (Å²) in [5.41, 5.74) is 1.05. The number of hydrogen-bond donors (Lipinski definition) is 1. The van der Waals surface area contributed by atoms with Gasteiger partial charge < -0.3 is 19.5 Å². The number of rotatable bonds is 8. The molecule has 0 heterocycles. The lowest BCUT2D eigenvalue weighted by Gasteiger charge is -2.20. The number of methoxy groups -OCH3 is 1. The SMILES string of the molecule is CCNCc1ccc(OCCOC(C)(C)C)c(OC)c1. The number of hydrogen-bond acceptors (Lipinski definition) is 4. The molecule has 4 nitrogen and oxygen atoms in total. The van der Waals surface area contributed by atoms with Crippen molar-refractivity contribution in [2.75, 3.05) is 26.9 Å². The minimum Gasteiger partial charge on any atom is -0.493 e. The molecule has 0 aliphatic carbocycles. The van der Waals surface area contributed by atoms with Gasteiger partial charge >= 0.3 is 0 Å². The second-order valence-corrected chi connectivity index (χ2v) is 5.57. The van der Waals surface area contributed by atoms with E-state index in [-0.39, 0.29) is 5.60 Å². The van der Waals surface area contributed by atoms with E-state index in [1.165, 1.54) is 5.56 Å². The van der Waals surface area contributed by atoms with E-state index in [0.29, 0.717) is 13.2 Å². The minimum absolute atomic E-state index is 0.136. The van der Waals surface area contributed by atoms with E-state index < -0.39 is 0 Å². The lowest BCUT2D eigenvalue weighted by molar-refractivity contribution is -0.0165. The van der Waals surface area contributed by atoms with Crippen LogP contribution in [-0.4, -0.2) is 32.5 Å². The van der Waals surface area contributed by atoms with Crippen LogP contribution in [0, 0.1) is 0 Å². The molecule has 0 amide bonds. The van der Waals surface area contributed by atoms with E-state index in [1.807, 2.05) is 39.0 Å². The highest BCUT2D eigenvalue weighted by Gasteiger charge is 2.10. The molecule has 20 heavy (non-hydrogen) atoms. The van der Waals surface area contributed by atoms with Crippen LogP contribution in [0.4, 0.5) is 0 Å². The van der Waals surface area contributed by atoms with Crippen LogP contribution in [0.2, 0.25) is 0 Å². The second kappa shape index (κ2) is 8.12. The smallest absolute Gasteiger partial charge is 0.161 e. The number of nitrogens with one attached hydrogen (secondary N) is 1. The largest absolute Gasteiger partial charge is 0.493 e. The van der Waals surface area contributed by atoms with Crippen LogP contribution < -0.4 is 14.8 Å². The van der Waals surface area contributed by atoms with E-state index in [4.69, 9.17) is 14.2 Å². The molecule has 0 radical (unpaired) electrons. The monoisotopic (exact) mass is 281 g/mol. The first-order valence-electron chi connectivity index (χ1n) is 7.10. The summed E-state index contributed by atoms with van der Waals surface area (Å²) in [7, 11) is 1.66. The van der Waals surface area contributed by atoms with Gasteiger partial charge in [0.15, 0.2) is 11.5 Å². The summed E-state index contributed by atoms with van der Waals surface area (Å²) in [6.45, 7) is 11.0. The first-order valence-corrected chi connectivity index (χ1v) is 7.10. The lowest BCUT2D eigenvalue weighted by atomic mass is 10.2. The second-order valence-electron chi connectivity index (χ2n) is 5.57. The van der Waals surface area contributed by atoms with Crippen LogP contribution in [0.15, 0.2) is 18.2 Å². The van der Waals surface area contributed by atoms with Crippen molar-refractivity contribution in [1.82, 2.24) is 5.32 Å². The molecule has 0 saturated heterocycles. The standard InChI is InChI=1S/C16H27NO3/c1-6-17-12-13-7-8-14(15(11-13)18-5)19-9-10-20-16(2,3)4/h7-8,11,17H,6,9-10,12H2,1-5H3. The molecule has 1 aromatic rings. The van der Waals surface area contributed by atoms with Gasteiger partial charge in [0.25, 0.3) is 0 Å². The van der Waals surface area contributed by atoms with Crippen molar-refractivity contribution < 1.29 is 14.2 Å². The molecule has 0 fully saturated rings. The van der Waals surface area contributed by atoms with Crippen LogP contribution in [0.25, 0.3) is 0 Å². The molecule has 1 rings (SSSR count). The Morgan fingerprint density at radius 3 is 2.45 bits per heavy atom. The summed E-state index contributed by atoms with van der Waals surface area (Å²) in [6, 6.07) is 6.00. The van der Waals surface area contributed by atoms with Crippen molar-refractivity contribution in [2.24, 2.45) is 0 Å². The quantitative estimate of drug-likeness (QED) is 0.744. The molecule has 1 N–H and O–H groups in total. The first kappa shape index (κ1) is 16.8. The van der Waals surface area contributed by atoms with E-state index in [2.05, 4.69) is 12.2 Å². The van der Waals surface area contributed by atoms with Gasteiger partial charge in [0.1, 0.15) is 6.61 Å². The molecule has 0 spiro atoms. The first-order chi connectivity index (χ1) is 9.46.